The average Bonchev–Trinajstić information content (AvgIpc) is 3.34. The number of carboxylic acid groups (broad SMARTS) is 1. The van der Waals surface area contributed by atoms with Gasteiger partial charge in [-0.15, -0.1) is 0 Å². The number of hydrogen-bond acceptors (Lipinski definition) is 5. The molecule has 32 heavy (non-hydrogen) atoms. The molecule has 1 saturated heterocycles. The zero-order valence-corrected chi connectivity index (χ0v) is 17.6. The number of aliphatic hydroxyl groups excluding tert-OH is 1. The van der Waals surface area contributed by atoms with Gasteiger partial charge in [0, 0.05) is 31.8 Å². The molecule has 8 nitrogen and oxygen atoms in total. The minimum atomic E-state index is -1.12. The van der Waals surface area contributed by atoms with Crippen molar-refractivity contribution < 1.29 is 29.3 Å². The van der Waals surface area contributed by atoms with Crippen LogP contribution in [0.2, 0.25) is 0 Å². The molecule has 4 rings (SSSR count). The lowest BCUT2D eigenvalue weighted by atomic mass is 9.98. The highest BCUT2D eigenvalue weighted by Crippen LogP contribution is 2.44. The number of ether oxygens (including phenoxy) is 1. The van der Waals surface area contributed by atoms with Gasteiger partial charge in [-0.05, 0) is 28.7 Å². The van der Waals surface area contributed by atoms with Gasteiger partial charge in [-0.3, -0.25) is 4.79 Å². The van der Waals surface area contributed by atoms with Crippen LogP contribution in [-0.2, 0) is 14.3 Å². The zero-order chi connectivity index (χ0) is 22.7. The molecule has 0 bridgehead atoms. The Morgan fingerprint density at radius 2 is 1.66 bits per heavy atom. The molecular formula is C24H26N2O6. The minimum Gasteiger partial charge on any atom is -0.480 e. The third-order valence-corrected chi connectivity index (χ3v) is 6.06. The normalized spacial score (nSPS) is 19.3. The lowest BCUT2D eigenvalue weighted by Gasteiger charge is -2.21. The molecule has 168 valence electrons. The van der Waals surface area contributed by atoms with Crippen LogP contribution in [0.5, 0.6) is 0 Å². The summed E-state index contributed by atoms with van der Waals surface area (Å²) < 4.78 is 5.45. The van der Waals surface area contributed by atoms with Crippen molar-refractivity contribution in [1.29, 1.82) is 0 Å². The molecule has 2 aliphatic rings. The fourth-order valence-electron chi connectivity index (χ4n) is 4.55. The highest BCUT2D eigenvalue weighted by atomic mass is 16.5. The van der Waals surface area contributed by atoms with Crippen LogP contribution in [0.15, 0.2) is 48.5 Å². The van der Waals surface area contributed by atoms with E-state index < -0.39 is 24.2 Å². The first-order valence-corrected chi connectivity index (χ1v) is 10.7. The average molecular weight is 438 g/mol. The summed E-state index contributed by atoms with van der Waals surface area (Å²) in [5, 5.41) is 21.5. The first-order chi connectivity index (χ1) is 15.5. The van der Waals surface area contributed by atoms with Crippen molar-refractivity contribution in [1.82, 2.24) is 10.2 Å². The molecule has 2 aromatic carbocycles. The second-order valence-electron chi connectivity index (χ2n) is 8.15. The van der Waals surface area contributed by atoms with Gasteiger partial charge in [0.2, 0.25) is 5.91 Å². The van der Waals surface area contributed by atoms with Crippen LogP contribution in [0.3, 0.4) is 0 Å². The SMILES string of the molecule is O=C(NCCCC(=O)N1CC(O)CC1C(=O)O)OCC1c2ccccc2-c2ccccc21. The summed E-state index contributed by atoms with van der Waals surface area (Å²) >= 11 is 0. The van der Waals surface area contributed by atoms with Crippen LogP contribution < -0.4 is 5.32 Å². The van der Waals surface area contributed by atoms with E-state index in [0.717, 1.165) is 22.3 Å². The smallest absolute Gasteiger partial charge is 0.407 e. The first kappa shape index (κ1) is 21.8. The summed E-state index contributed by atoms with van der Waals surface area (Å²) in [5.74, 6) is -1.49. The Morgan fingerprint density at radius 3 is 2.28 bits per heavy atom. The van der Waals surface area contributed by atoms with Gasteiger partial charge in [-0.1, -0.05) is 48.5 Å². The quantitative estimate of drug-likeness (QED) is 0.572. The van der Waals surface area contributed by atoms with E-state index in [-0.39, 0.29) is 44.4 Å². The van der Waals surface area contributed by atoms with Crippen molar-refractivity contribution in [3.63, 3.8) is 0 Å². The summed E-state index contributed by atoms with van der Waals surface area (Å²) in [6.07, 6.45) is -0.903. The predicted octanol–water partition coefficient (Wildman–Crippen LogP) is 2.35. The molecule has 0 spiro atoms. The van der Waals surface area contributed by atoms with Crippen molar-refractivity contribution in [2.24, 2.45) is 0 Å². The monoisotopic (exact) mass is 438 g/mol. The van der Waals surface area contributed by atoms with Gasteiger partial charge in [0.1, 0.15) is 12.6 Å². The molecule has 2 atom stereocenters. The zero-order valence-electron chi connectivity index (χ0n) is 17.6. The number of carboxylic acids is 1. The maximum absolute atomic E-state index is 12.3. The molecule has 2 aromatic rings. The molecule has 2 unspecified atom stereocenters. The molecule has 1 aliphatic heterocycles. The van der Waals surface area contributed by atoms with Gasteiger partial charge < -0.3 is 25.2 Å². The lowest BCUT2D eigenvalue weighted by molar-refractivity contribution is -0.148. The first-order valence-electron chi connectivity index (χ1n) is 10.7. The lowest BCUT2D eigenvalue weighted by Crippen LogP contribution is -2.40. The van der Waals surface area contributed by atoms with E-state index in [1.54, 1.807) is 0 Å². The summed E-state index contributed by atoms with van der Waals surface area (Å²) in [6, 6.07) is 15.2. The molecule has 0 aromatic heterocycles. The summed E-state index contributed by atoms with van der Waals surface area (Å²) in [6.45, 7) is 0.469. The van der Waals surface area contributed by atoms with E-state index >= 15 is 0 Å². The third-order valence-electron chi connectivity index (χ3n) is 6.06. The minimum absolute atomic E-state index is 0.0234. The Labute approximate surface area is 185 Å². The van der Waals surface area contributed by atoms with E-state index in [0.29, 0.717) is 6.42 Å². The Balaban J connectivity index is 1.23. The molecular weight excluding hydrogens is 412 g/mol. The van der Waals surface area contributed by atoms with Crippen molar-refractivity contribution >= 4 is 18.0 Å². The standard InChI is InChI=1S/C24H26N2O6/c27-15-12-21(23(29)30)26(13-15)22(28)10-5-11-25-24(31)32-14-20-18-8-3-1-6-16(18)17-7-2-4-9-19(17)20/h1-4,6-9,15,20-21,27H,5,10-14H2,(H,25,31)(H,29,30). The number of rotatable bonds is 7. The van der Waals surface area contributed by atoms with Crippen LogP contribution in [0.1, 0.15) is 36.3 Å². The summed E-state index contributed by atoms with van der Waals surface area (Å²) in [7, 11) is 0. The molecule has 2 amide bonds. The van der Waals surface area contributed by atoms with E-state index in [1.165, 1.54) is 4.90 Å². The number of likely N-dealkylation sites (tertiary alicyclic amines) is 1. The molecule has 1 aliphatic carbocycles. The van der Waals surface area contributed by atoms with Crippen molar-refractivity contribution in [3.8, 4) is 11.1 Å². The van der Waals surface area contributed by atoms with Gasteiger partial charge in [0.25, 0.3) is 0 Å². The summed E-state index contributed by atoms with van der Waals surface area (Å²) in [5.41, 5.74) is 4.57. The Kier molecular flexibility index (Phi) is 6.41. The predicted molar refractivity (Wildman–Crippen MR) is 116 cm³/mol. The van der Waals surface area contributed by atoms with Gasteiger partial charge >= 0.3 is 12.1 Å². The molecule has 3 N–H and O–H groups in total. The number of benzene rings is 2. The topological polar surface area (TPSA) is 116 Å². The second-order valence-corrected chi connectivity index (χ2v) is 8.15. The van der Waals surface area contributed by atoms with Crippen LogP contribution in [-0.4, -0.2) is 64.9 Å². The highest BCUT2D eigenvalue weighted by molar-refractivity contribution is 5.84. The van der Waals surface area contributed by atoms with Crippen molar-refractivity contribution in [2.75, 3.05) is 19.7 Å². The number of aliphatic hydroxyl groups is 1. The number of carbonyl (C=O) groups is 3. The molecule has 0 radical (unpaired) electrons. The van der Waals surface area contributed by atoms with Gasteiger partial charge in [-0.2, -0.15) is 0 Å². The third kappa shape index (κ3) is 4.45. The Morgan fingerprint density at radius 1 is 1.03 bits per heavy atom. The fourth-order valence-corrected chi connectivity index (χ4v) is 4.55. The highest BCUT2D eigenvalue weighted by Gasteiger charge is 2.38. The molecule has 0 saturated carbocycles. The number of hydrogen-bond donors (Lipinski definition) is 3. The number of alkyl carbamates (subject to hydrolysis) is 1. The number of nitrogens with one attached hydrogen (secondary N) is 1. The van der Waals surface area contributed by atoms with E-state index in [4.69, 9.17) is 4.74 Å². The van der Waals surface area contributed by atoms with Gasteiger partial charge in [0.15, 0.2) is 0 Å². The number of aliphatic carboxylic acids is 1. The van der Waals surface area contributed by atoms with Crippen LogP contribution in [0.4, 0.5) is 4.79 Å². The van der Waals surface area contributed by atoms with Crippen LogP contribution in [0, 0.1) is 0 Å². The number of amides is 2. The van der Waals surface area contributed by atoms with Crippen molar-refractivity contribution in [2.45, 2.75) is 37.3 Å². The fraction of sp³-hybridized carbons (Fsp3) is 0.375. The Hall–Kier alpha value is -3.39. The molecule has 1 heterocycles. The second kappa shape index (κ2) is 9.40. The van der Waals surface area contributed by atoms with Crippen LogP contribution >= 0.6 is 0 Å². The van der Waals surface area contributed by atoms with Crippen LogP contribution in [0.25, 0.3) is 11.1 Å². The number of fused-ring (bicyclic) bond motifs is 3. The van der Waals surface area contributed by atoms with E-state index in [2.05, 4.69) is 17.4 Å². The molecule has 1 fully saturated rings. The van der Waals surface area contributed by atoms with E-state index in [9.17, 15) is 24.6 Å². The van der Waals surface area contributed by atoms with Gasteiger partial charge in [0.05, 0.1) is 6.10 Å². The number of carbonyl (C=O) groups excluding carboxylic acids is 2. The van der Waals surface area contributed by atoms with Crippen molar-refractivity contribution in [3.05, 3.63) is 59.7 Å². The largest absolute Gasteiger partial charge is 0.480 e. The number of β-amino-alcohol motifs (C(OH)–C–C–N with tert-alkyl or cyclic N) is 1. The maximum Gasteiger partial charge on any atom is 0.407 e. The maximum atomic E-state index is 12.3. The summed E-state index contributed by atoms with van der Waals surface area (Å²) in [4.78, 5) is 36.9. The molecule has 8 heteroatoms. The van der Waals surface area contributed by atoms with Gasteiger partial charge in [-0.25, -0.2) is 9.59 Å². The Bertz CT molecular complexity index is 978. The van der Waals surface area contributed by atoms with E-state index in [1.807, 2.05) is 36.4 Å². The number of nitrogens with zero attached hydrogens (tertiary/aromatic N) is 1.